The van der Waals surface area contributed by atoms with E-state index in [1.807, 2.05) is 0 Å². The molecule has 1 atom stereocenters. The van der Waals surface area contributed by atoms with E-state index in [0.29, 0.717) is 19.4 Å². The number of carbonyl (C=O) groups excluding carboxylic acids is 2. The van der Waals surface area contributed by atoms with Gasteiger partial charge in [0.05, 0.1) is 0 Å². The summed E-state index contributed by atoms with van der Waals surface area (Å²) in [5.41, 5.74) is 20.5. The van der Waals surface area contributed by atoms with Gasteiger partial charge in [-0.25, -0.2) is 0 Å². The van der Waals surface area contributed by atoms with Crippen molar-refractivity contribution >= 4 is 17.8 Å². The van der Waals surface area contributed by atoms with Gasteiger partial charge in [-0.2, -0.15) is 0 Å². The summed E-state index contributed by atoms with van der Waals surface area (Å²) in [6.07, 6.45) is 0.916. The van der Waals surface area contributed by atoms with Crippen LogP contribution in [-0.2, 0) is 14.3 Å². The molecule has 16 heavy (non-hydrogen) atoms. The highest BCUT2D eigenvalue weighted by atomic mass is 16.5. The number of aliphatic imine (C=N–C) groups is 1. The van der Waals surface area contributed by atoms with Crippen molar-refractivity contribution in [3.8, 4) is 0 Å². The molecular formula is C8H17N5O3. The standard InChI is InChI=1S/C8H17N5O3/c9-5(2-1-3-13-8(11)12)7(15)16-4-6(10)14/h5H,1-4,9H2,(H2,10,14)(H4,11,12,13). The van der Waals surface area contributed by atoms with Crippen LogP contribution in [0.15, 0.2) is 4.99 Å². The molecule has 0 aliphatic carbocycles. The van der Waals surface area contributed by atoms with Gasteiger partial charge < -0.3 is 27.7 Å². The zero-order valence-electron chi connectivity index (χ0n) is 8.89. The van der Waals surface area contributed by atoms with Crippen LogP contribution in [0.3, 0.4) is 0 Å². The van der Waals surface area contributed by atoms with Gasteiger partial charge in [0.25, 0.3) is 5.91 Å². The summed E-state index contributed by atoms with van der Waals surface area (Å²) in [5.74, 6) is -1.39. The first-order valence-electron chi connectivity index (χ1n) is 4.69. The molecule has 92 valence electrons. The van der Waals surface area contributed by atoms with E-state index in [2.05, 4.69) is 9.73 Å². The van der Waals surface area contributed by atoms with E-state index in [0.717, 1.165) is 0 Å². The fraction of sp³-hybridized carbons (Fsp3) is 0.625. The van der Waals surface area contributed by atoms with E-state index in [9.17, 15) is 9.59 Å². The predicted molar refractivity (Wildman–Crippen MR) is 58.0 cm³/mol. The molecule has 8 heteroatoms. The summed E-state index contributed by atoms with van der Waals surface area (Å²) < 4.78 is 4.52. The van der Waals surface area contributed by atoms with E-state index in [1.54, 1.807) is 0 Å². The number of esters is 1. The summed E-state index contributed by atoms with van der Waals surface area (Å²) in [7, 11) is 0. The Balaban J connectivity index is 3.71. The minimum atomic E-state index is -0.798. The van der Waals surface area contributed by atoms with Gasteiger partial charge in [-0.3, -0.25) is 14.6 Å². The van der Waals surface area contributed by atoms with Crippen molar-refractivity contribution in [3.05, 3.63) is 0 Å². The second-order valence-corrected chi connectivity index (χ2v) is 3.13. The van der Waals surface area contributed by atoms with Crippen LogP contribution >= 0.6 is 0 Å². The molecule has 0 saturated carbocycles. The average Bonchev–Trinajstić information content (AvgIpc) is 2.20. The van der Waals surface area contributed by atoms with E-state index in [4.69, 9.17) is 22.9 Å². The van der Waals surface area contributed by atoms with Crippen molar-refractivity contribution in [1.29, 1.82) is 0 Å². The third kappa shape index (κ3) is 7.56. The number of nitrogens with zero attached hydrogens (tertiary/aromatic N) is 1. The molecule has 0 radical (unpaired) electrons. The van der Waals surface area contributed by atoms with Gasteiger partial charge in [-0.1, -0.05) is 0 Å². The first-order chi connectivity index (χ1) is 7.43. The Morgan fingerprint density at radius 3 is 2.38 bits per heavy atom. The third-order valence-electron chi connectivity index (χ3n) is 1.63. The summed E-state index contributed by atoms with van der Waals surface area (Å²) in [6, 6.07) is -0.798. The van der Waals surface area contributed by atoms with Gasteiger partial charge in [0.1, 0.15) is 6.04 Å². The molecule has 0 aromatic carbocycles. The minimum Gasteiger partial charge on any atom is -0.454 e. The number of carbonyl (C=O) groups is 2. The van der Waals surface area contributed by atoms with Crippen LogP contribution in [0.4, 0.5) is 0 Å². The molecular weight excluding hydrogens is 214 g/mol. The molecule has 0 aliphatic heterocycles. The summed E-state index contributed by atoms with van der Waals surface area (Å²) >= 11 is 0. The number of primary amides is 1. The van der Waals surface area contributed by atoms with Crippen molar-refractivity contribution in [2.24, 2.45) is 27.9 Å². The molecule has 0 bridgehead atoms. The quantitative estimate of drug-likeness (QED) is 0.162. The molecule has 0 aliphatic rings. The average molecular weight is 231 g/mol. The molecule has 0 heterocycles. The summed E-state index contributed by atoms with van der Waals surface area (Å²) in [4.78, 5) is 25.2. The highest BCUT2D eigenvalue weighted by Crippen LogP contribution is 1.97. The predicted octanol–water partition coefficient (Wildman–Crippen LogP) is -2.60. The van der Waals surface area contributed by atoms with Gasteiger partial charge in [-0.05, 0) is 12.8 Å². The fourth-order valence-corrected chi connectivity index (χ4v) is 0.887. The molecule has 0 aromatic heterocycles. The topological polar surface area (TPSA) is 160 Å². The number of nitrogens with two attached hydrogens (primary N) is 4. The molecule has 0 saturated heterocycles. The SMILES string of the molecule is NC(=O)COC(=O)C(N)CCCN=C(N)N. The maximum absolute atomic E-state index is 11.1. The summed E-state index contributed by atoms with van der Waals surface area (Å²) in [5, 5.41) is 0. The molecule has 0 fully saturated rings. The largest absolute Gasteiger partial charge is 0.454 e. The Hall–Kier alpha value is -1.83. The highest BCUT2D eigenvalue weighted by Gasteiger charge is 2.14. The number of guanidine groups is 1. The number of hydrogen-bond donors (Lipinski definition) is 4. The van der Waals surface area contributed by atoms with Crippen LogP contribution in [0.1, 0.15) is 12.8 Å². The maximum atomic E-state index is 11.1. The van der Waals surface area contributed by atoms with E-state index < -0.39 is 24.5 Å². The van der Waals surface area contributed by atoms with Gasteiger partial charge in [0.15, 0.2) is 12.6 Å². The molecule has 8 nitrogen and oxygen atoms in total. The lowest BCUT2D eigenvalue weighted by atomic mass is 10.2. The number of amides is 1. The van der Waals surface area contributed by atoms with Crippen molar-refractivity contribution in [3.63, 3.8) is 0 Å². The molecule has 8 N–H and O–H groups in total. The van der Waals surface area contributed by atoms with Crippen molar-refractivity contribution in [2.45, 2.75) is 18.9 Å². The van der Waals surface area contributed by atoms with Crippen LogP contribution in [0.2, 0.25) is 0 Å². The van der Waals surface area contributed by atoms with Gasteiger partial charge >= 0.3 is 5.97 Å². The third-order valence-corrected chi connectivity index (χ3v) is 1.63. The van der Waals surface area contributed by atoms with E-state index in [-0.39, 0.29) is 5.96 Å². The molecule has 0 aromatic rings. The minimum absolute atomic E-state index is 0.00937. The fourth-order valence-electron chi connectivity index (χ4n) is 0.887. The Bertz CT molecular complexity index is 275. The second-order valence-electron chi connectivity index (χ2n) is 3.13. The normalized spacial score (nSPS) is 11.6. The van der Waals surface area contributed by atoms with Crippen LogP contribution in [-0.4, -0.2) is 37.0 Å². The monoisotopic (exact) mass is 231 g/mol. The Morgan fingerprint density at radius 1 is 1.25 bits per heavy atom. The lowest BCUT2D eigenvalue weighted by Gasteiger charge is -2.09. The first kappa shape index (κ1) is 14.2. The Kier molecular flexibility index (Phi) is 6.61. The molecule has 0 spiro atoms. The second kappa shape index (κ2) is 7.46. The smallest absolute Gasteiger partial charge is 0.323 e. The van der Waals surface area contributed by atoms with Crippen LogP contribution in [0, 0.1) is 0 Å². The van der Waals surface area contributed by atoms with Crippen LogP contribution < -0.4 is 22.9 Å². The lowest BCUT2D eigenvalue weighted by molar-refractivity contribution is -0.149. The van der Waals surface area contributed by atoms with E-state index in [1.165, 1.54) is 0 Å². The first-order valence-corrected chi connectivity index (χ1v) is 4.69. The zero-order chi connectivity index (χ0) is 12.6. The maximum Gasteiger partial charge on any atom is 0.323 e. The van der Waals surface area contributed by atoms with Gasteiger partial charge in [0, 0.05) is 6.54 Å². The Morgan fingerprint density at radius 2 is 1.88 bits per heavy atom. The molecule has 1 amide bonds. The Labute approximate surface area is 93.0 Å². The van der Waals surface area contributed by atoms with Crippen molar-refractivity contribution in [2.75, 3.05) is 13.2 Å². The zero-order valence-corrected chi connectivity index (χ0v) is 8.89. The van der Waals surface area contributed by atoms with Crippen LogP contribution in [0.5, 0.6) is 0 Å². The van der Waals surface area contributed by atoms with Gasteiger partial charge in [-0.15, -0.1) is 0 Å². The van der Waals surface area contributed by atoms with Crippen molar-refractivity contribution < 1.29 is 14.3 Å². The molecule has 0 rings (SSSR count). The molecule has 1 unspecified atom stereocenters. The number of hydrogen-bond acceptors (Lipinski definition) is 5. The summed E-state index contributed by atoms with van der Waals surface area (Å²) in [6.45, 7) is -0.0699. The van der Waals surface area contributed by atoms with Crippen molar-refractivity contribution in [1.82, 2.24) is 0 Å². The highest BCUT2D eigenvalue weighted by molar-refractivity contribution is 5.81. The lowest BCUT2D eigenvalue weighted by Crippen LogP contribution is -2.34. The number of ether oxygens (including phenoxy) is 1. The van der Waals surface area contributed by atoms with Crippen LogP contribution in [0.25, 0.3) is 0 Å². The van der Waals surface area contributed by atoms with E-state index >= 15 is 0 Å². The van der Waals surface area contributed by atoms with Gasteiger partial charge in [0.2, 0.25) is 0 Å². The number of rotatable bonds is 7.